The lowest BCUT2D eigenvalue weighted by Gasteiger charge is -2.20. The number of phenolic OH excluding ortho intramolecular Hbond substituents is 1. The molecular formula is C13H10ClNO4S. The number of aromatic hydroxyl groups is 1. The van der Waals surface area contributed by atoms with Gasteiger partial charge in [0, 0.05) is 5.69 Å². The first-order chi connectivity index (χ1) is 9.47. The maximum atomic E-state index is 12.3. The van der Waals surface area contributed by atoms with E-state index < -0.39 is 18.4 Å². The second kappa shape index (κ2) is 5.94. The molecule has 2 aromatic rings. The van der Waals surface area contributed by atoms with Crippen molar-refractivity contribution in [3.8, 4) is 5.75 Å². The van der Waals surface area contributed by atoms with E-state index in [4.69, 9.17) is 16.7 Å². The van der Waals surface area contributed by atoms with Crippen molar-refractivity contribution in [2.24, 2.45) is 0 Å². The van der Waals surface area contributed by atoms with Gasteiger partial charge >= 0.3 is 5.97 Å². The summed E-state index contributed by atoms with van der Waals surface area (Å²) in [6, 6.07) is 8.86. The van der Waals surface area contributed by atoms with Crippen LogP contribution in [0, 0.1) is 0 Å². The number of carboxylic acid groups (broad SMARTS) is 1. The third-order valence-electron chi connectivity index (χ3n) is 2.48. The summed E-state index contributed by atoms with van der Waals surface area (Å²) in [6.07, 6.45) is 0. The molecule has 0 bridgehead atoms. The average Bonchev–Trinajstić information content (AvgIpc) is 2.83. The van der Waals surface area contributed by atoms with Gasteiger partial charge in [-0.25, -0.2) is 0 Å². The van der Waals surface area contributed by atoms with Gasteiger partial charge < -0.3 is 10.2 Å². The molecule has 7 heteroatoms. The normalized spacial score (nSPS) is 10.2. The van der Waals surface area contributed by atoms with Crippen molar-refractivity contribution in [3.63, 3.8) is 0 Å². The fourth-order valence-corrected chi connectivity index (χ4v) is 2.60. The number of carbonyl (C=O) groups excluding carboxylic acids is 1. The molecule has 2 N–H and O–H groups in total. The number of carbonyl (C=O) groups is 2. The van der Waals surface area contributed by atoms with Gasteiger partial charge in [0.1, 0.15) is 12.3 Å². The molecule has 0 spiro atoms. The molecule has 0 fully saturated rings. The number of rotatable bonds is 4. The van der Waals surface area contributed by atoms with Crippen molar-refractivity contribution >= 4 is 40.5 Å². The molecule has 1 heterocycles. The summed E-state index contributed by atoms with van der Waals surface area (Å²) in [5, 5.41) is 18.2. The van der Waals surface area contributed by atoms with E-state index in [1.165, 1.54) is 24.3 Å². The Labute approximate surface area is 123 Å². The van der Waals surface area contributed by atoms with E-state index in [0.29, 0.717) is 14.9 Å². The van der Waals surface area contributed by atoms with Crippen LogP contribution in [-0.4, -0.2) is 28.6 Å². The zero-order chi connectivity index (χ0) is 14.7. The number of hydrogen-bond acceptors (Lipinski definition) is 4. The van der Waals surface area contributed by atoms with Gasteiger partial charge in [-0.1, -0.05) is 11.6 Å². The van der Waals surface area contributed by atoms with E-state index >= 15 is 0 Å². The van der Waals surface area contributed by atoms with E-state index in [1.54, 1.807) is 12.1 Å². The van der Waals surface area contributed by atoms with Gasteiger partial charge in [0.05, 0.1) is 9.21 Å². The minimum Gasteiger partial charge on any atom is -0.508 e. The monoisotopic (exact) mass is 311 g/mol. The molecule has 2 rings (SSSR count). The summed E-state index contributed by atoms with van der Waals surface area (Å²) in [6.45, 7) is -0.473. The van der Waals surface area contributed by atoms with E-state index in [-0.39, 0.29) is 5.75 Å². The van der Waals surface area contributed by atoms with Gasteiger partial charge in [0.25, 0.3) is 5.91 Å². The van der Waals surface area contributed by atoms with E-state index in [2.05, 4.69) is 0 Å². The molecule has 0 aliphatic carbocycles. The lowest BCUT2D eigenvalue weighted by atomic mass is 10.2. The first-order valence-electron chi connectivity index (χ1n) is 5.55. The van der Waals surface area contributed by atoms with Crippen molar-refractivity contribution in [1.82, 2.24) is 0 Å². The topological polar surface area (TPSA) is 77.8 Å². The SMILES string of the molecule is O=C(O)CN(C(=O)c1ccc(Cl)s1)c1ccc(O)cc1. The van der Waals surface area contributed by atoms with Crippen LogP contribution in [-0.2, 0) is 4.79 Å². The van der Waals surface area contributed by atoms with Crippen LogP contribution in [0.5, 0.6) is 5.75 Å². The lowest BCUT2D eigenvalue weighted by molar-refractivity contribution is -0.135. The zero-order valence-corrected chi connectivity index (χ0v) is 11.7. The lowest BCUT2D eigenvalue weighted by Crippen LogP contribution is -2.35. The van der Waals surface area contributed by atoms with Crippen LogP contribution in [0.1, 0.15) is 9.67 Å². The Kier molecular flexibility index (Phi) is 4.26. The molecule has 0 aliphatic rings. The summed E-state index contributed by atoms with van der Waals surface area (Å²) in [5.41, 5.74) is 0.389. The minimum absolute atomic E-state index is 0.0376. The van der Waals surface area contributed by atoms with Crippen LogP contribution < -0.4 is 4.90 Å². The van der Waals surface area contributed by atoms with E-state index in [9.17, 15) is 14.7 Å². The minimum atomic E-state index is -1.13. The fourth-order valence-electron chi connectivity index (χ4n) is 1.61. The van der Waals surface area contributed by atoms with Crippen LogP contribution in [0.4, 0.5) is 5.69 Å². The van der Waals surface area contributed by atoms with Crippen molar-refractivity contribution in [1.29, 1.82) is 0 Å². The number of nitrogens with zero attached hydrogens (tertiary/aromatic N) is 1. The molecule has 1 amide bonds. The number of aliphatic carboxylic acids is 1. The summed E-state index contributed by atoms with van der Waals surface area (Å²) in [4.78, 5) is 24.7. The van der Waals surface area contributed by atoms with Crippen LogP contribution in [0.25, 0.3) is 0 Å². The number of amides is 1. The van der Waals surface area contributed by atoms with Gasteiger partial charge in [0.15, 0.2) is 0 Å². The van der Waals surface area contributed by atoms with Crippen molar-refractivity contribution < 1.29 is 19.8 Å². The first kappa shape index (κ1) is 14.4. The maximum absolute atomic E-state index is 12.3. The second-order valence-corrected chi connectivity index (χ2v) is 5.62. The summed E-state index contributed by atoms with van der Waals surface area (Å²) < 4.78 is 0.453. The summed E-state index contributed by atoms with van der Waals surface area (Å²) >= 11 is 6.86. The molecule has 0 atom stereocenters. The Hall–Kier alpha value is -2.05. The van der Waals surface area contributed by atoms with Gasteiger partial charge in [-0.15, -0.1) is 11.3 Å². The highest BCUT2D eigenvalue weighted by atomic mass is 35.5. The Balaban J connectivity index is 2.34. The van der Waals surface area contributed by atoms with E-state index in [1.807, 2.05) is 0 Å². The highest BCUT2D eigenvalue weighted by molar-refractivity contribution is 7.18. The smallest absolute Gasteiger partial charge is 0.323 e. The Morgan fingerprint density at radius 2 is 1.80 bits per heavy atom. The molecular weight excluding hydrogens is 302 g/mol. The number of halogens is 1. The third kappa shape index (κ3) is 3.28. The van der Waals surface area contributed by atoms with Gasteiger partial charge in [0.2, 0.25) is 0 Å². The molecule has 0 saturated carbocycles. The molecule has 0 radical (unpaired) electrons. The average molecular weight is 312 g/mol. The number of hydrogen-bond donors (Lipinski definition) is 2. The zero-order valence-electron chi connectivity index (χ0n) is 10.1. The third-order valence-corrected chi connectivity index (χ3v) is 3.70. The number of anilines is 1. The largest absolute Gasteiger partial charge is 0.508 e. The number of thiophene rings is 1. The van der Waals surface area contributed by atoms with Gasteiger partial charge in [-0.2, -0.15) is 0 Å². The predicted octanol–water partition coefficient (Wildman–Crippen LogP) is 2.84. The molecule has 1 aromatic heterocycles. The molecule has 0 aliphatic heterocycles. The Bertz CT molecular complexity index is 638. The predicted molar refractivity (Wildman–Crippen MR) is 76.7 cm³/mol. The van der Waals surface area contributed by atoms with Crippen LogP contribution in [0.3, 0.4) is 0 Å². The molecule has 0 saturated heterocycles. The molecule has 104 valence electrons. The second-order valence-electron chi connectivity index (χ2n) is 3.91. The van der Waals surface area contributed by atoms with Crippen molar-refractivity contribution in [3.05, 3.63) is 45.6 Å². The van der Waals surface area contributed by atoms with Gasteiger partial charge in [-0.3, -0.25) is 14.5 Å². The molecule has 20 heavy (non-hydrogen) atoms. The summed E-state index contributed by atoms with van der Waals surface area (Å²) in [5.74, 6) is -1.54. The van der Waals surface area contributed by atoms with Crippen LogP contribution >= 0.6 is 22.9 Å². The first-order valence-corrected chi connectivity index (χ1v) is 6.75. The molecule has 0 unspecified atom stereocenters. The quantitative estimate of drug-likeness (QED) is 0.910. The Morgan fingerprint density at radius 3 is 2.30 bits per heavy atom. The number of phenols is 1. The number of carboxylic acids is 1. The highest BCUT2D eigenvalue weighted by Crippen LogP contribution is 2.26. The highest BCUT2D eigenvalue weighted by Gasteiger charge is 2.21. The van der Waals surface area contributed by atoms with Crippen LogP contribution in [0.2, 0.25) is 4.34 Å². The number of benzene rings is 1. The fraction of sp³-hybridized carbons (Fsp3) is 0.0769. The molecule has 1 aromatic carbocycles. The van der Waals surface area contributed by atoms with E-state index in [0.717, 1.165) is 16.2 Å². The maximum Gasteiger partial charge on any atom is 0.323 e. The van der Waals surface area contributed by atoms with Crippen molar-refractivity contribution in [2.75, 3.05) is 11.4 Å². The van der Waals surface area contributed by atoms with Crippen molar-refractivity contribution in [2.45, 2.75) is 0 Å². The van der Waals surface area contributed by atoms with Crippen LogP contribution in [0.15, 0.2) is 36.4 Å². The Morgan fingerprint density at radius 1 is 1.15 bits per heavy atom. The van der Waals surface area contributed by atoms with Gasteiger partial charge in [-0.05, 0) is 36.4 Å². The summed E-state index contributed by atoms with van der Waals surface area (Å²) in [7, 11) is 0. The molecule has 5 nitrogen and oxygen atoms in total. The standard InChI is InChI=1S/C13H10ClNO4S/c14-11-6-5-10(20-11)13(19)15(7-12(17)18)8-1-3-9(16)4-2-8/h1-6,16H,7H2,(H,17,18).